The zero-order valence-electron chi connectivity index (χ0n) is 13.9. The van der Waals surface area contributed by atoms with E-state index in [2.05, 4.69) is 14.9 Å². The van der Waals surface area contributed by atoms with Crippen LogP contribution in [-0.2, 0) is 10.0 Å². The highest BCUT2D eigenvalue weighted by Crippen LogP contribution is 2.29. The molecule has 0 aliphatic heterocycles. The number of Topliss-reactive ketones (excluding diaryl/α,β-unsaturated/α-hetero) is 1. The van der Waals surface area contributed by atoms with Crippen molar-refractivity contribution in [1.29, 1.82) is 0 Å². The van der Waals surface area contributed by atoms with Crippen molar-refractivity contribution in [2.24, 2.45) is 0 Å². The predicted molar refractivity (Wildman–Crippen MR) is 102 cm³/mol. The minimum absolute atomic E-state index is 0.114. The minimum Gasteiger partial charge on any atom is -0.410 e. The number of carbonyl (C=O) groups is 1. The number of rotatable bonds is 7. The average molecular weight is 410 g/mol. The van der Waals surface area contributed by atoms with Gasteiger partial charge in [0, 0.05) is 11.3 Å². The molecule has 2 heterocycles. The third kappa shape index (κ3) is 4.71. The fourth-order valence-corrected chi connectivity index (χ4v) is 4.08. The van der Waals surface area contributed by atoms with Crippen molar-refractivity contribution < 1.29 is 17.6 Å². The van der Waals surface area contributed by atoms with Crippen LogP contribution in [0, 0.1) is 0 Å². The van der Waals surface area contributed by atoms with Gasteiger partial charge in [-0.3, -0.25) is 9.52 Å². The highest BCUT2D eigenvalue weighted by atomic mass is 32.2. The standard InChI is InChI=1S/C16H15N3O4S3/c1-10(25-16-18-17-15(23-16)13-4-3-9-24-13)14(20)11-5-7-12(8-6-11)19-26(2,21)22/h3-10,19H,1-2H3. The molecule has 0 aliphatic rings. The van der Waals surface area contributed by atoms with Gasteiger partial charge in [0.15, 0.2) is 5.78 Å². The van der Waals surface area contributed by atoms with Gasteiger partial charge in [0.05, 0.1) is 16.4 Å². The van der Waals surface area contributed by atoms with Crippen LogP contribution in [0.3, 0.4) is 0 Å². The van der Waals surface area contributed by atoms with E-state index >= 15 is 0 Å². The maximum absolute atomic E-state index is 12.5. The van der Waals surface area contributed by atoms with Crippen LogP contribution in [0.4, 0.5) is 5.69 Å². The molecule has 0 bridgehead atoms. The Hall–Kier alpha value is -2.17. The Kier molecular flexibility index (Phi) is 5.44. The van der Waals surface area contributed by atoms with E-state index in [1.165, 1.54) is 23.1 Å². The molecular formula is C16H15N3O4S3. The molecule has 3 aromatic rings. The summed E-state index contributed by atoms with van der Waals surface area (Å²) in [4.78, 5) is 13.4. The summed E-state index contributed by atoms with van der Waals surface area (Å²) in [6, 6.07) is 10.0. The van der Waals surface area contributed by atoms with Gasteiger partial charge < -0.3 is 4.42 Å². The smallest absolute Gasteiger partial charge is 0.277 e. The second-order valence-electron chi connectivity index (χ2n) is 5.43. The second kappa shape index (κ2) is 7.60. The second-order valence-corrected chi connectivity index (χ2v) is 9.41. The Morgan fingerprint density at radius 3 is 2.58 bits per heavy atom. The van der Waals surface area contributed by atoms with Crippen molar-refractivity contribution in [3.8, 4) is 10.8 Å². The summed E-state index contributed by atoms with van der Waals surface area (Å²) < 4.78 is 30.4. The first-order valence-corrected chi connectivity index (χ1v) is 11.1. The molecule has 1 N–H and O–H groups in total. The van der Waals surface area contributed by atoms with E-state index in [-0.39, 0.29) is 5.78 Å². The van der Waals surface area contributed by atoms with Crippen molar-refractivity contribution in [2.75, 3.05) is 11.0 Å². The van der Waals surface area contributed by atoms with Crippen LogP contribution in [0.1, 0.15) is 17.3 Å². The topological polar surface area (TPSA) is 102 Å². The number of nitrogens with zero attached hydrogens (tertiary/aromatic N) is 2. The molecule has 1 aromatic carbocycles. The zero-order valence-corrected chi connectivity index (χ0v) is 16.3. The average Bonchev–Trinajstić information content (AvgIpc) is 3.24. The molecule has 10 heteroatoms. The number of nitrogens with one attached hydrogen (secondary N) is 1. The number of benzene rings is 1. The van der Waals surface area contributed by atoms with Crippen LogP contribution in [0.15, 0.2) is 51.4 Å². The SMILES string of the molecule is CC(Sc1nnc(-c2cccs2)o1)C(=O)c1ccc(NS(C)(=O)=O)cc1. The zero-order chi connectivity index (χ0) is 18.7. The van der Waals surface area contributed by atoms with Gasteiger partial charge in [-0.05, 0) is 42.6 Å². The Morgan fingerprint density at radius 2 is 1.96 bits per heavy atom. The van der Waals surface area contributed by atoms with Crippen molar-refractivity contribution >= 4 is 44.6 Å². The van der Waals surface area contributed by atoms with E-state index in [0.717, 1.165) is 11.1 Å². The van der Waals surface area contributed by atoms with Gasteiger partial charge in [0.25, 0.3) is 11.1 Å². The number of aromatic nitrogens is 2. The quantitative estimate of drug-likeness (QED) is 0.470. The number of sulfonamides is 1. The number of thiophene rings is 1. The van der Waals surface area contributed by atoms with Crippen molar-refractivity contribution in [3.05, 3.63) is 47.3 Å². The molecule has 0 radical (unpaired) electrons. The van der Waals surface area contributed by atoms with E-state index in [1.54, 1.807) is 31.2 Å². The van der Waals surface area contributed by atoms with E-state index in [0.29, 0.717) is 22.4 Å². The summed E-state index contributed by atoms with van der Waals surface area (Å²) in [6.07, 6.45) is 1.07. The fraction of sp³-hybridized carbons (Fsp3) is 0.188. The molecule has 7 nitrogen and oxygen atoms in total. The van der Waals surface area contributed by atoms with E-state index in [9.17, 15) is 13.2 Å². The number of hydrogen-bond donors (Lipinski definition) is 1. The van der Waals surface area contributed by atoms with Crippen LogP contribution in [0.25, 0.3) is 10.8 Å². The van der Waals surface area contributed by atoms with Crippen LogP contribution in [0.2, 0.25) is 0 Å². The lowest BCUT2D eigenvalue weighted by atomic mass is 10.1. The van der Waals surface area contributed by atoms with Gasteiger partial charge in [-0.15, -0.1) is 21.5 Å². The molecule has 136 valence electrons. The molecular weight excluding hydrogens is 394 g/mol. The normalized spacial score (nSPS) is 12.7. The monoisotopic (exact) mass is 409 g/mol. The van der Waals surface area contributed by atoms with E-state index in [4.69, 9.17) is 4.42 Å². The summed E-state index contributed by atoms with van der Waals surface area (Å²) in [5, 5.41) is 9.76. The molecule has 0 saturated carbocycles. The Bertz CT molecular complexity index is 996. The molecule has 0 spiro atoms. The molecule has 3 rings (SSSR count). The van der Waals surface area contributed by atoms with Gasteiger partial charge in [0.1, 0.15) is 0 Å². The molecule has 26 heavy (non-hydrogen) atoms. The maximum Gasteiger partial charge on any atom is 0.277 e. The van der Waals surface area contributed by atoms with Gasteiger partial charge in [-0.1, -0.05) is 17.8 Å². The third-order valence-corrected chi connectivity index (χ3v) is 5.66. The van der Waals surface area contributed by atoms with E-state index < -0.39 is 15.3 Å². The van der Waals surface area contributed by atoms with Crippen molar-refractivity contribution in [3.63, 3.8) is 0 Å². The first kappa shape index (κ1) is 18.6. The summed E-state index contributed by atoms with van der Waals surface area (Å²) in [5.74, 6) is 0.315. The molecule has 0 aliphatic carbocycles. The highest BCUT2D eigenvalue weighted by molar-refractivity contribution is 8.00. The fourth-order valence-electron chi connectivity index (χ4n) is 2.11. The van der Waals surface area contributed by atoms with Gasteiger partial charge in [0.2, 0.25) is 10.0 Å². The summed E-state index contributed by atoms with van der Waals surface area (Å²) >= 11 is 2.68. The van der Waals surface area contributed by atoms with Crippen LogP contribution >= 0.6 is 23.1 Å². The molecule has 2 aromatic heterocycles. The van der Waals surface area contributed by atoms with Crippen LogP contribution in [0.5, 0.6) is 0 Å². The molecule has 0 fully saturated rings. The lowest BCUT2D eigenvalue weighted by molar-refractivity contribution is 0.0993. The van der Waals surface area contributed by atoms with E-state index in [1.807, 2.05) is 17.5 Å². The van der Waals surface area contributed by atoms with Crippen LogP contribution in [-0.4, -0.2) is 35.9 Å². The Morgan fingerprint density at radius 1 is 1.23 bits per heavy atom. The van der Waals surface area contributed by atoms with Gasteiger partial charge >= 0.3 is 0 Å². The summed E-state index contributed by atoms with van der Waals surface area (Å²) in [5.41, 5.74) is 0.879. The number of thioether (sulfide) groups is 1. The lowest BCUT2D eigenvalue weighted by Crippen LogP contribution is -2.14. The number of ketones is 1. The third-order valence-electron chi connectivity index (χ3n) is 3.26. The molecule has 1 unspecified atom stereocenters. The van der Waals surface area contributed by atoms with Crippen molar-refractivity contribution in [1.82, 2.24) is 10.2 Å². The first-order valence-electron chi connectivity index (χ1n) is 7.48. The summed E-state index contributed by atoms with van der Waals surface area (Å²) in [7, 11) is -3.35. The number of carbonyl (C=O) groups excluding carboxylic acids is 1. The Balaban J connectivity index is 1.66. The van der Waals surface area contributed by atoms with Gasteiger partial charge in [-0.25, -0.2) is 8.42 Å². The predicted octanol–water partition coefficient (Wildman–Crippen LogP) is 3.53. The first-order chi connectivity index (χ1) is 12.3. The molecule has 0 saturated heterocycles. The molecule has 0 amide bonds. The van der Waals surface area contributed by atoms with Gasteiger partial charge in [-0.2, -0.15) is 0 Å². The number of anilines is 1. The summed E-state index contributed by atoms with van der Waals surface area (Å²) in [6.45, 7) is 1.75. The minimum atomic E-state index is -3.35. The maximum atomic E-state index is 12.5. The van der Waals surface area contributed by atoms with Crippen molar-refractivity contribution in [2.45, 2.75) is 17.4 Å². The largest absolute Gasteiger partial charge is 0.410 e. The van der Waals surface area contributed by atoms with Crippen LogP contribution < -0.4 is 4.72 Å². The number of hydrogen-bond acceptors (Lipinski definition) is 8. The molecule has 1 atom stereocenters. The highest BCUT2D eigenvalue weighted by Gasteiger charge is 2.20. The lowest BCUT2D eigenvalue weighted by Gasteiger charge is -2.09. The Labute approximate surface area is 158 Å².